The summed E-state index contributed by atoms with van der Waals surface area (Å²) in [5.74, 6) is 0.738. The van der Waals surface area contributed by atoms with E-state index in [9.17, 15) is 0 Å². The molecule has 0 aliphatic rings. The molecule has 0 aliphatic heterocycles. The second-order valence-corrected chi connectivity index (χ2v) is 4.56. The highest BCUT2D eigenvalue weighted by molar-refractivity contribution is 5.08. The summed E-state index contributed by atoms with van der Waals surface area (Å²) in [7, 11) is 0. The van der Waals surface area contributed by atoms with E-state index in [1.165, 1.54) is 12.1 Å². The molecule has 3 heteroatoms. The molecular weight excluding hydrogens is 186 g/mol. The molecule has 1 heterocycles. The first kappa shape index (κ1) is 12.2. The summed E-state index contributed by atoms with van der Waals surface area (Å²) in [6.45, 7) is 11.9. The molecule has 0 unspecified atom stereocenters. The number of nitrogens with one attached hydrogen (secondary N) is 1. The van der Waals surface area contributed by atoms with Gasteiger partial charge in [-0.15, -0.1) is 0 Å². The molecule has 0 spiro atoms. The minimum atomic E-state index is 0.738. The summed E-state index contributed by atoms with van der Waals surface area (Å²) in [6.07, 6.45) is 3.11. The normalized spacial score (nSPS) is 11.3. The van der Waals surface area contributed by atoms with Gasteiger partial charge < -0.3 is 9.88 Å². The van der Waals surface area contributed by atoms with Crippen molar-refractivity contribution in [1.29, 1.82) is 0 Å². The number of aromatic nitrogens is 2. The Morgan fingerprint density at radius 1 is 1.40 bits per heavy atom. The average Bonchev–Trinajstić information content (AvgIpc) is 2.48. The molecule has 1 rings (SSSR count). The van der Waals surface area contributed by atoms with Crippen molar-refractivity contribution in [3.05, 3.63) is 17.7 Å². The van der Waals surface area contributed by atoms with Crippen molar-refractivity contribution in [2.75, 3.05) is 13.1 Å². The number of hydrogen-bond donors (Lipinski definition) is 1. The van der Waals surface area contributed by atoms with Crippen molar-refractivity contribution in [2.24, 2.45) is 5.92 Å². The van der Waals surface area contributed by atoms with Gasteiger partial charge in [-0.1, -0.05) is 13.8 Å². The number of aryl methyl sites for hydroxylation is 2. The predicted molar refractivity (Wildman–Crippen MR) is 64.0 cm³/mol. The molecule has 0 radical (unpaired) electrons. The summed E-state index contributed by atoms with van der Waals surface area (Å²) in [4.78, 5) is 4.29. The van der Waals surface area contributed by atoms with E-state index in [4.69, 9.17) is 0 Å². The fourth-order valence-corrected chi connectivity index (χ4v) is 1.53. The van der Waals surface area contributed by atoms with E-state index in [1.807, 2.05) is 6.33 Å². The van der Waals surface area contributed by atoms with Gasteiger partial charge in [0.2, 0.25) is 0 Å². The van der Waals surface area contributed by atoms with Crippen molar-refractivity contribution >= 4 is 0 Å². The summed E-state index contributed by atoms with van der Waals surface area (Å²) in [5, 5.41) is 3.45. The van der Waals surface area contributed by atoms with Gasteiger partial charge in [0.25, 0.3) is 0 Å². The third-order valence-corrected chi connectivity index (χ3v) is 2.65. The molecule has 0 amide bonds. The summed E-state index contributed by atoms with van der Waals surface area (Å²) >= 11 is 0. The first-order valence-corrected chi connectivity index (χ1v) is 5.80. The van der Waals surface area contributed by atoms with Gasteiger partial charge in [0.05, 0.1) is 12.0 Å². The number of nitrogens with zero attached hydrogens (tertiary/aromatic N) is 2. The van der Waals surface area contributed by atoms with Crippen LogP contribution in [0.25, 0.3) is 0 Å². The zero-order valence-electron chi connectivity index (χ0n) is 10.4. The van der Waals surface area contributed by atoms with E-state index in [2.05, 4.69) is 42.6 Å². The standard InChI is InChI=1S/C12H23N3/c1-10(2)8-13-6-5-7-15-9-14-11(3)12(15)4/h9-10,13H,5-8H2,1-4H3. The Bertz CT molecular complexity index is 289. The maximum absolute atomic E-state index is 4.29. The minimum Gasteiger partial charge on any atom is -0.335 e. The Balaban J connectivity index is 2.18. The van der Waals surface area contributed by atoms with E-state index >= 15 is 0 Å². The van der Waals surface area contributed by atoms with E-state index in [0.717, 1.165) is 31.2 Å². The SMILES string of the molecule is Cc1ncn(CCCNCC(C)C)c1C. The van der Waals surface area contributed by atoms with Crippen LogP contribution in [0, 0.1) is 19.8 Å². The van der Waals surface area contributed by atoms with Gasteiger partial charge >= 0.3 is 0 Å². The van der Waals surface area contributed by atoms with E-state index in [1.54, 1.807) is 0 Å². The largest absolute Gasteiger partial charge is 0.335 e. The third-order valence-electron chi connectivity index (χ3n) is 2.65. The van der Waals surface area contributed by atoms with Crippen molar-refractivity contribution in [1.82, 2.24) is 14.9 Å². The molecule has 0 bridgehead atoms. The first-order valence-electron chi connectivity index (χ1n) is 5.80. The van der Waals surface area contributed by atoms with Crippen molar-refractivity contribution in [2.45, 2.75) is 40.7 Å². The predicted octanol–water partition coefficient (Wildman–Crippen LogP) is 2.14. The van der Waals surface area contributed by atoms with Crippen LogP contribution >= 0.6 is 0 Å². The first-order chi connectivity index (χ1) is 7.11. The second-order valence-electron chi connectivity index (χ2n) is 4.56. The summed E-state index contributed by atoms with van der Waals surface area (Å²) < 4.78 is 2.23. The highest BCUT2D eigenvalue weighted by Gasteiger charge is 2.00. The highest BCUT2D eigenvalue weighted by Crippen LogP contribution is 2.04. The zero-order chi connectivity index (χ0) is 11.3. The van der Waals surface area contributed by atoms with Gasteiger partial charge in [-0.3, -0.25) is 0 Å². The van der Waals surface area contributed by atoms with Crippen LogP contribution in [-0.4, -0.2) is 22.6 Å². The lowest BCUT2D eigenvalue weighted by molar-refractivity contribution is 0.519. The van der Waals surface area contributed by atoms with Crippen molar-refractivity contribution < 1.29 is 0 Å². The van der Waals surface area contributed by atoms with E-state index < -0.39 is 0 Å². The van der Waals surface area contributed by atoms with Crippen LogP contribution in [-0.2, 0) is 6.54 Å². The molecule has 0 saturated carbocycles. The van der Waals surface area contributed by atoms with Gasteiger partial charge in [0, 0.05) is 12.2 Å². The van der Waals surface area contributed by atoms with E-state index in [0.29, 0.717) is 0 Å². The van der Waals surface area contributed by atoms with Gasteiger partial charge in [-0.25, -0.2) is 4.98 Å². The fourth-order valence-electron chi connectivity index (χ4n) is 1.53. The minimum absolute atomic E-state index is 0.738. The Morgan fingerprint density at radius 2 is 2.13 bits per heavy atom. The number of rotatable bonds is 6. The lowest BCUT2D eigenvalue weighted by Crippen LogP contribution is -2.21. The quantitative estimate of drug-likeness (QED) is 0.727. The molecule has 0 fully saturated rings. The molecule has 0 aromatic carbocycles. The molecule has 3 nitrogen and oxygen atoms in total. The second kappa shape index (κ2) is 5.91. The summed E-state index contributed by atoms with van der Waals surface area (Å²) in [5.41, 5.74) is 2.43. The molecular formula is C12H23N3. The van der Waals surface area contributed by atoms with Crippen LogP contribution in [0.4, 0.5) is 0 Å². The smallest absolute Gasteiger partial charge is 0.0951 e. The van der Waals surface area contributed by atoms with Crippen LogP contribution in [0.15, 0.2) is 6.33 Å². The highest BCUT2D eigenvalue weighted by atomic mass is 15.1. The monoisotopic (exact) mass is 209 g/mol. The fraction of sp³-hybridized carbons (Fsp3) is 0.750. The van der Waals surface area contributed by atoms with Gasteiger partial charge in [-0.2, -0.15) is 0 Å². The van der Waals surface area contributed by atoms with Crippen LogP contribution in [0.1, 0.15) is 31.7 Å². The van der Waals surface area contributed by atoms with Crippen LogP contribution < -0.4 is 5.32 Å². The maximum atomic E-state index is 4.29. The Hall–Kier alpha value is -0.830. The summed E-state index contributed by atoms with van der Waals surface area (Å²) in [6, 6.07) is 0. The van der Waals surface area contributed by atoms with Crippen LogP contribution in [0.5, 0.6) is 0 Å². The molecule has 0 saturated heterocycles. The van der Waals surface area contributed by atoms with Crippen molar-refractivity contribution in [3.8, 4) is 0 Å². The van der Waals surface area contributed by atoms with Crippen molar-refractivity contribution in [3.63, 3.8) is 0 Å². The topological polar surface area (TPSA) is 29.9 Å². The Labute approximate surface area is 92.9 Å². The van der Waals surface area contributed by atoms with E-state index in [-0.39, 0.29) is 0 Å². The number of imidazole rings is 1. The Morgan fingerprint density at radius 3 is 2.67 bits per heavy atom. The molecule has 0 aliphatic carbocycles. The maximum Gasteiger partial charge on any atom is 0.0951 e. The number of hydrogen-bond acceptors (Lipinski definition) is 2. The van der Waals surface area contributed by atoms with Crippen LogP contribution in [0.2, 0.25) is 0 Å². The molecule has 1 aromatic rings. The third kappa shape index (κ3) is 4.04. The van der Waals surface area contributed by atoms with Gasteiger partial charge in [-0.05, 0) is 39.3 Å². The molecule has 1 aromatic heterocycles. The van der Waals surface area contributed by atoms with Gasteiger partial charge in [0.1, 0.15) is 0 Å². The lowest BCUT2D eigenvalue weighted by Gasteiger charge is -2.08. The average molecular weight is 209 g/mol. The van der Waals surface area contributed by atoms with Crippen LogP contribution in [0.3, 0.4) is 0 Å². The van der Waals surface area contributed by atoms with Gasteiger partial charge in [0.15, 0.2) is 0 Å². The lowest BCUT2D eigenvalue weighted by atomic mass is 10.2. The molecule has 15 heavy (non-hydrogen) atoms. The molecule has 1 N–H and O–H groups in total. The molecule has 86 valence electrons. The molecule has 0 atom stereocenters. The zero-order valence-corrected chi connectivity index (χ0v) is 10.4. The Kier molecular flexibility index (Phi) is 4.82.